The van der Waals surface area contributed by atoms with Crippen molar-refractivity contribution in [3.63, 3.8) is 0 Å². The first-order valence-corrected chi connectivity index (χ1v) is 21.3. The summed E-state index contributed by atoms with van der Waals surface area (Å²) in [6.45, 7) is 0. The largest absolute Gasteiger partial charge is 0.310 e. The molecule has 0 aliphatic heterocycles. The zero-order valence-electron chi connectivity index (χ0n) is 32.9. The van der Waals surface area contributed by atoms with Gasteiger partial charge in [-0.3, -0.25) is 0 Å². The molecule has 0 saturated carbocycles. The lowest BCUT2D eigenvalue weighted by atomic mass is 9.97. The molecule has 0 spiro atoms. The zero-order chi connectivity index (χ0) is 39.8. The number of nitrogens with zero attached hydrogens (tertiary/aromatic N) is 1. The van der Waals surface area contributed by atoms with Gasteiger partial charge in [-0.25, -0.2) is 0 Å². The molecule has 10 aromatic carbocycles. The van der Waals surface area contributed by atoms with Crippen molar-refractivity contribution in [3.8, 4) is 55.6 Å². The van der Waals surface area contributed by atoms with Gasteiger partial charge in [0.25, 0.3) is 0 Å². The van der Waals surface area contributed by atoms with Crippen molar-refractivity contribution in [2.45, 2.75) is 0 Å². The fraction of sp³-hybridized carbons (Fsp3) is 0. The van der Waals surface area contributed by atoms with Crippen LogP contribution in [0.25, 0.3) is 86.6 Å². The van der Waals surface area contributed by atoms with E-state index >= 15 is 0 Å². The normalized spacial score (nSPS) is 11.3. The fourth-order valence-electron chi connectivity index (χ4n) is 8.62. The van der Waals surface area contributed by atoms with Crippen LogP contribution in [0, 0.1) is 0 Å². The summed E-state index contributed by atoms with van der Waals surface area (Å²) in [6, 6.07) is 86.1. The fourth-order valence-corrected chi connectivity index (χ4v) is 9.85. The maximum atomic E-state index is 2.43. The van der Waals surface area contributed by atoms with Crippen molar-refractivity contribution in [2.24, 2.45) is 0 Å². The van der Waals surface area contributed by atoms with Crippen molar-refractivity contribution in [3.05, 3.63) is 237 Å². The maximum Gasteiger partial charge on any atom is 0.0540 e. The van der Waals surface area contributed by atoms with Crippen LogP contribution >= 0.6 is 11.3 Å². The summed E-state index contributed by atoms with van der Waals surface area (Å²) >= 11 is 1.88. The third-order valence-corrected chi connectivity index (χ3v) is 12.9. The average molecular weight is 782 g/mol. The number of anilines is 3. The van der Waals surface area contributed by atoms with Gasteiger partial charge >= 0.3 is 0 Å². The first kappa shape index (κ1) is 35.6. The first-order chi connectivity index (χ1) is 29.7. The van der Waals surface area contributed by atoms with E-state index in [0.29, 0.717) is 0 Å². The van der Waals surface area contributed by atoms with E-state index in [1.54, 1.807) is 0 Å². The van der Waals surface area contributed by atoms with Gasteiger partial charge in [0, 0.05) is 42.7 Å². The maximum absolute atomic E-state index is 2.43. The number of fused-ring (bicyclic) bond motifs is 4. The molecule has 1 aromatic heterocycles. The number of hydrogen-bond acceptors (Lipinski definition) is 2. The van der Waals surface area contributed by atoms with Crippen LogP contribution in [0.5, 0.6) is 0 Å². The lowest BCUT2D eigenvalue weighted by Gasteiger charge is -2.28. The smallest absolute Gasteiger partial charge is 0.0540 e. The van der Waals surface area contributed by atoms with Crippen LogP contribution in [0.4, 0.5) is 17.1 Å². The quantitative estimate of drug-likeness (QED) is 0.148. The Kier molecular flexibility index (Phi) is 9.11. The molecule has 1 heterocycles. The topological polar surface area (TPSA) is 3.24 Å². The van der Waals surface area contributed by atoms with Crippen LogP contribution in [-0.2, 0) is 0 Å². The molecular weight excluding hydrogens is 743 g/mol. The van der Waals surface area contributed by atoms with Crippen LogP contribution in [0.3, 0.4) is 0 Å². The third kappa shape index (κ3) is 6.63. The van der Waals surface area contributed by atoms with E-state index in [1.807, 2.05) is 11.3 Å². The Morgan fingerprint density at radius 2 is 0.783 bits per heavy atom. The van der Waals surface area contributed by atoms with Crippen LogP contribution < -0.4 is 4.90 Å². The molecule has 0 aliphatic rings. The lowest BCUT2D eigenvalue weighted by molar-refractivity contribution is 1.28. The van der Waals surface area contributed by atoms with Gasteiger partial charge in [-0.15, -0.1) is 11.3 Å². The minimum Gasteiger partial charge on any atom is -0.310 e. The summed E-state index contributed by atoms with van der Waals surface area (Å²) in [5.41, 5.74) is 15.4. The summed E-state index contributed by atoms with van der Waals surface area (Å²) in [5, 5.41) is 5.12. The van der Waals surface area contributed by atoms with E-state index in [2.05, 4.69) is 241 Å². The Hall–Kier alpha value is -7.52. The molecule has 0 radical (unpaired) electrons. The average Bonchev–Trinajstić information content (AvgIpc) is 3.72. The Labute approximate surface area is 354 Å². The number of benzene rings is 10. The van der Waals surface area contributed by atoms with Crippen LogP contribution in [0.15, 0.2) is 237 Å². The highest BCUT2D eigenvalue weighted by Gasteiger charge is 2.20. The van der Waals surface area contributed by atoms with E-state index < -0.39 is 0 Å². The van der Waals surface area contributed by atoms with Gasteiger partial charge in [0.2, 0.25) is 0 Å². The van der Waals surface area contributed by atoms with E-state index in [0.717, 1.165) is 17.1 Å². The highest BCUT2D eigenvalue weighted by molar-refractivity contribution is 7.26. The summed E-state index contributed by atoms with van der Waals surface area (Å²) in [6.07, 6.45) is 0. The molecular formula is C58H39NS. The van der Waals surface area contributed by atoms with Crippen molar-refractivity contribution in [1.29, 1.82) is 0 Å². The van der Waals surface area contributed by atoms with Gasteiger partial charge in [-0.1, -0.05) is 194 Å². The predicted molar refractivity (Wildman–Crippen MR) is 259 cm³/mol. The molecule has 0 atom stereocenters. The molecule has 0 N–H and O–H groups in total. The lowest BCUT2D eigenvalue weighted by Crippen LogP contribution is -2.11. The van der Waals surface area contributed by atoms with Gasteiger partial charge < -0.3 is 4.90 Å². The number of rotatable bonds is 8. The van der Waals surface area contributed by atoms with Crippen molar-refractivity contribution >= 4 is 59.3 Å². The summed E-state index contributed by atoms with van der Waals surface area (Å²) < 4.78 is 2.61. The molecule has 2 heteroatoms. The second-order valence-corrected chi connectivity index (χ2v) is 16.4. The number of thiophene rings is 1. The molecule has 60 heavy (non-hydrogen) atoms. The third-order valence-electron chi connectivity index (χ3n) is 11.7. The van der Waals surface area contributed by atoms with Gasteiger partial charge in [0.15, 0.2) is 0 Å². The Morgan fingerprint density at radius 1 is 0.283 bits per heavy atom. The molecule has 0 unspecified atom stereocenters. The molecule has 0 saturated heterocycles. The van der Waals surface area contributed by atoms with E-state index in [1.165, 1.54) is 86.6 Å². The highest BCUT2D eigenvalue weighted by atomic mass is 32.1. The molecule has 11 rings (SSSR count). The molecule has 0 fully saturated rings. The van der Waals surface area contributed by atoms with Crippen LogP contribution in [-0.4, -0.2) is 0 Å². The van der Waals surface area contributed by atoms with Crippen molar-refractivity contribution in [2.75, 3.05) is 4.90 Å². The van der Waals surface area contributed by atoms with E-state index in [-0.39, 0.29) is 0 Å². The second kappa shape index (κ2) is 15.3. The molecule has 0 amide bonds. The van der Waals surface area contributed by atoms with Gasteiger partial charge in [0.05, 0.1) is 5.69 Å². The summed E-state index contributed by atoms with van der Waals surface area (Å²) in [7, 11) is 0. The molecule has 0 aliphatic carbocycles. The second-order valence-electron chi connectivity index (χ2n) is 15.3. The Morgan fingerprint density at radius 3 is 1.53 bits per heavy atom. The Balaban J connectivity index is 1.01. The first-order valence-electron chi connectivity index (χ1n) is 20.5. The van der Waals surface area contributed by atoms with Crippen LogP contribution in [0.1, 0.15) is 0 Å². The minimum atomic E-state index is 1.10. The standard InChI is InChI=1S/C58H39NS/c1-2-12-40(13-3-1)42-24-26-43(27-25-42)44-34-36-50(37-35-44)59(56-22-8-6-18-52(56)54-20-11-21-55-53-19-7-9-23-57(53)60-58(54)55)51-17-10-16-48(39-51)45-28-30-46(31-29-45)49-33-32-41-14-4-5-15-47(41)38-49/h1-39H. The molecule has 282 valence electrons. The highest BCUT2D eigenvalue weighted by Crippen LogP contribution is 2.46. The SMILES string of the molecule is c1ccc(-c2ccc(-c3ccc(N(c4cccc(-c5ccc(-c6ccc7ccccc7c6)cc5)c4)c4ccccc4-c4cccc5c4sc4ccccc45)cc3)cc2)cc1. The summed E-state index contributed by atoms with van der Waals surface area (Å²) in [4.78, 5) is 2.43. The summed E-state index contributed by atoms with van der Waals surface area (Å²) in [5.74, 6) is 0. The predicted octanol–water partition coefficient (Wildman–Crippen LogP) is 17.0. The zero-order valence-corrected chi connectivity index (χ0v) is 33.7. The van der Waals surface area contributed by atoms with E-state index in [9.17, 15) is 0 Å². The Bertz CT molecular complexity index is 3290. The number of hydrogen-bond donors (Lipinski definition) is 0. The van der Waals surface area contributed by atoms with Gasteiger partial charge in [-0.2, -0.15) is 0 Å². The van der Waals surface area contributed by atoms with Crippen molar-refractivity contribution < 1.29 is 0 Å². The molecule has 1 nitrogen and oxygen atoms in total. The monoisotopic (exact) mass is 781 g/mol. The minimum absolute atomic E-state index is 1.10. The van der Waals surface area contributed by atoms with E-state index in [4.69, 9.17) is 0 Å². The number of para-hydroxylation sites is 1. The van der Waals surface area contributed by atoms with Crippen LogP contribution in [0.2, 0.25) is 0 Å². The van der Waals surface area contributed by atoms with Gasteiger partial charge in [0.1, 0.15) is 0 Å². The van der Waals surface area contributed by atoms with Crippen molar-refractivity contribution in [1.82, 2.24) is 0 Å². The molecule has 0 bridgehead atoms. The molecule has 11 aromatic rings. The van der Waals surface area contributed by atoms with Gasteiger partial charge in [-0.05, 0) is 97.7 Å².